The summed E-state index contributed by atoms with van der Waals surface area (Å²) in [5.74, 6) is -1.34. The SMILES string of the molecule is CCCNC(=O)C(C)N(Cc1ccc(F)cc1)C(=O)CN(c1cccc(C)c1C)S(=O)(=O)c1ccc(C)cc1. The fraction of sp³-hybridized carbons (Fsp3) is 0.333. The Kier molecular flexibility index (Phi) is 9.86. The molecule has 0 aliphatic rings. The lowest BCUT2D eigenvalue weighted by atomic mass is 10.1. The molecule has 1 atom stereocenters. The fourth-order valence-electron chi connectivity index (χ4n) is 4.12. The average Bonchev–Trinajstić information content (AvgIpc) is 2.91. The predicted molar refractivity (Wildman–Crippen MR) is 151 cm³/mol. The highest BCUT2D eigenvalue weighted by molar-refractivity contribution is 7.92. The Balaban J connectivity index is 2.05. The van der Waals surface area contributed by atoms with Gasteiger partial charge in [0.1, 0.15) is 18.4 Å². The highest BCUT2D eigenvalue weighted by atomic mass is 32.2. The van der Waals surface area contributed by atoms with Gasteiger partial charge in [0, 0.05) is 13.1 Å². The highest BCUT2D eigenvalue weighted by Crippen LogP contribution is 2.29. The molecule has 3 aromatic rings. The van der Waals surface area contributed by atoms with Crippen LogP contribution in [0.25, 0.3) is 0 Å². The van der Waals surface area contributed by atoms with Crippen LogP contribution in [-0.2, 0) is 26.2 Å². The first-order valence-electron chi connectivity index (χ1n) is 12.9. The molecule has 3 rings (SSSR count). The zero-order valence-electron chi connectivity index (χ0n) is 23.1. The van der Waals surface area contributed by atoms with E-state index in [0.29, 0.717) is 17.8 Å². The molecule has 0 saturated heterocycles. The van der Waals surface area contributed by atoms with Crippen molar-refractivity contribution >= 4 is 27.5 Å². The minimum absolute atomic E-state index is 0.00500. The number of carbonyl (C=O) groups excluding carboxylic acids is 2. The average molecular weight is 554 g/mol. The second-order valence-corrected chi connectivity index (χ2v) is 11.5. The van der Waals surface area contributed by atoms with E-state index in [1.54, 1.807) is 31.2 Å². The zero-order valence-corrected chi connectivity index (χ0v) is 23.9. The number of rotatable bonds is 11. The maximum absolute atomic E-state index is 13.9. The van der Waals surface area contributed by atoms with Gasteiger partial charge < -0.3 is 10.2 Å². The molecule has 208 valence electrons. The first-order valence-corrected chi connectivity index (χ1v) is 14.4. The Bertz CT molecular complexity index is 1410. The van der Waals surface area contributed by atoms with Crippen molar-refractivity contribution in [3.63, 3.8) is 0 Å². The molecule has 0 fully saturated rings. The Morgan fingerprint density at radius 2 is 1.59 bits per heavy atom. The van der Waals surface area contributed by atoms with Gasteiger partial charge in [-0.15, -0.1) is 0 Å². The molecular weight excluding hydrogens is 517 g/mol. The number of halogens is 1. The molecule has 0 heterocycles. The van der Waals surface area contributed by atoms with Crippen LogP contribution in [0, 0.1) is 26.6 Å². The standard InChI is InChI=1S/C30H36FN3O4S/c1-6-18-32-30(36)24(5)33(19-25-12-14-26(31)15-13-25)29(35)20-34(28-9-7-8-22(3)23(28)4)39(37,38)27-16-10-21(2)11-17-27/h7-17,24H,6,18-20H2,1-5H3,(H,32,36). The predicted octanol–water partition coefficient (Wildman–Crippen LogP) is 4.89. The van der Waals surface area contributed by atoms with Crippen LogP contribution in [0.2, 0.25) is 0 Å². The third-order valence-corrected chi connectivity index (χ3v) is 8.49. The maximum atomic E-state index is 13.9. The Labute approximate surface area is 230 Å². The third-order valence-electron chi connectivity index (χ3n) is 6.72. The van der Waals surface area contributed by atoms with Crippen LogP contribution >= 0.6 is 0 Å². The number of sulfonamides is 1. The first-order chi connectivity index (χ1) is 18.4. The van der Waals surface area contributed by atoms with Gasteiger partial charge in [-0.1, -0.05) is 48.9 Å². The van der Waals surface area contributed by atoms with Gasteiger partial charge in [0.15, 0.2) is 0 Å². The molecule has 9 heteroatoms. The van der Waals surface area contributed by atoms with Crippen LogP contribution in [0.4, 0.5) is 10.1 Å². The summed E-state index contributed by atoms with van der Waals surface area (Å²) in [7, 11) is -4.14. The van der Waals surface area contributed by atoms with Gasteiger partial charge in [-0.05, 0) is 81.1 Å². The summed E-state index contributed by atoms with van der Waals surface area (Å²) in [5, 5.41) is 2.80. The third kappa shape index (κ3) is 7.23. The van der Waals surface area contributed by atoms with Gasteiger partial charge >= 0.3 is 0 Å². The topological polar surface area (TPSA) is 86.8 Å². The molecule has 0 radical (unpaired) electrons. The van der Waals surface area contributed by atoms with Gasteiger partial charge in [-0.3, -0.25) is 13.9 Å². The lowest BCUT2D eigenvalue weighted by Gasteiger charge is -2.32. The van der Waals surface area contributed by atoms with E-state index in [-0.39, 0.29) is 17.3 Å². The molecular formula is C30H36FN3O4S. The molecule has 0 saturated carbocycles. The largest absolute Gasteiger partial charge is 0.354 e. The van der Waals surface area contributed by atoms with Crippen molar-refractivity contribution in [3.8, 4) is 0 Å². The van der Waals surface area contributed by atoms with Crippen molar-refractivity contribution in [2.24, 2.45) is 0 Å². The molecule has 0 aliphatic heterocycles. The van der Waals surface area contributed by atoms with Gasteiger partial charge in [-0.25, -0.2) is 12.8 Å². The summed E-state index contributed by atoms with van der Waals surface area (Å²) in [6, 6.07) is 16.5. The van der Waals surface area contributed by atoms with Crippen molar-refractivity contribution in [1.29, 1.82) is 0 Å². The molecule has 0 aromatic heterocycles. The molecule has 1 unspecified atom stereocenters. The number of nitrogens with one attached hydrogen (secondary N) is 1. The van der Waals surface area contributed by atoms with E-state index in [1.165, 1.54) is 41.3 Å². The maximum Gasteiger partial charge on any atom is 0.264 e. The second-order valence-electron chi connectivity index (χ2n) is 9.66. The first kappa shape index (κ1) is 29.8. The summed E-state index contributed by atoms with van der Waals surface area (Å²) in [5.41, 5.74) is 3.49. The summed E-state index contributed by atoms with van der Waals surface area (Å²) in [4.78, 5) is 28.2. The zero-order chi connectivity index (χ0) is 28.7. The monoisotopic (exact) mass is 553 g/mol. The van der Waals surface area contributed by atoms with Crippen LogP contribution in [0.1, 0.15) is 42.5 Å². The summed E-state index contributed by atoms with van der Waals surface area (Å²) in [6.45, 7) is 8.99. The van der Waals surface area contributed by atoms with E-state index < -0.39 is 34.3 Å². The van der Waals surface area contributed by atoms with E-state index >= 15 is 0 Å². The minimum atomic E-state index is -4.14. The number of amides is 2. The van der Waals surface area contributed by atoms with Crippen LogP contribution < -0.4 is 9.62 Å². The Hall–Kier alpha value is -3.72. The number of carbonyl (C=O) groups is 2. The number of anilines is 1. The molecule has 0 aliphatic carbocycles. The smallest absolute Gasteiger partial charge is 0.264 e. The number of hydrogen-bond acceptors (Lipinski definition) is 4. The van der Waals surface area contributed by atoms with Crippen molar-refractivity contribution in [3.05, 3.63) is 94.8 Å². The van der Waals surface area contributed by atoms with E-state index in [2.05, 4.69) is 5.32 Å². The lowest BCUT2D eigenvalue weighted by molar-refractivity contribution is -0.139. The number of nitrogens with zero attached hydrogens (tertiary/aromatic N) is 2. The van der Waals surface area contributed by atoms with Crippen LogP contribution in [0.3, 0.4) is 0 Å². The number of aryl methyl sites for hydroxylation is 2. The molecule has 0 bridgehead atoms. The minimum Gasteiger partial charge on any atom is -0.354 e. The van der Waals surface area contributed by atoms with Gasteiger partial charge in [0.25, 0.3) is 10.0 Å². The van der Waals surface area contributed by atoms with Crippen molar-refractivity contribution in [2.45, 2.75) is 58.5 Å². The quantitative estimate of drug-likeness (QED) is 0.366. The summed E-state index contributed by atoms with van der Waals surface area (Å²) in [6.07, 6.45) is 0.722. The van der Waals surface area contributed by atoms with Gasteiger partial charge in [0.2, 0.25) is 11.8 Å². The number of benzene rings is 3. The van der Waals surface area contributed by atoms with Crippen molar-refractivity contribution < 1.29 is 22.4 Å². The number of hydrogen-bond donors (Lipinski definition) is 1. The molecule has 2 amide bonds. The van der Waals surface area contributed by atoms with Crippen LogP contribution in [-0.4, -0.2) is 44.3 Å². The summed E-state index contributed by atoms with van der Waals surface area (Å²) >= 11 is 0. The van der Waals surface area contributed by atoms with E-state index in [1.807, 2.05) is 33.8 Å². The molecule has 7 nitrogen and oxygen atoms in total. The molecule has 0 spiro atoms. The molecule has 39 heavy (non-hydrogen) atoms. The highest BCUT2D eigenvalue weighted by Gasteiger charge is 2.33. The second kappa shape index (κ2) is 12.9. The van der Waals surface area contributed by atoms with Gasteiger partial charge in [0.05, 0.1) is 10.6 Å². The van der Waals surface area contributed by atoms with E-state index in [4.69, 9.17) is 0 Å². The van der Waals surface area contributed by atoms with Crippen LogP contribution in [0.5, 0.6) is 0 Å². The normalized spacial score (nSPS) is 12.1. The van der Waals surface area contributed by atoms with E-state index in [9.17, 15) is 22.4 Å². The Morgan fingerprint density at radius 3 is 2.21 bits per heavy atom. The van der Waals surface area contributed by atoms with E-state index in [0.717, 1.165) is 27.4 Å². The van der Waals surface area contributed by atoms with Crippen molar-refractivity contribution in [2.75, 3.05) is 17.4 Å². The van der Waals surface area contributed by atoms with Crippen molar-refractivity contribution in [1.82, 2.24) is 10.2 Å². The lowest BCUT2D eigenvalue weighted by Crippen LogP contribution is -2.51. The molecule has 3 aromatic carbocycles. The Morgan fingerprint density at radius 1 is 0.949 bits per heavy atom. The summed E-state index contributed by atoms with van der Waals surface area (Å²) < 4.78 is 42.5. The van der Waals surface area contributed by atoms with Crippen LogP contribution in [0.15, 0.2) is 71.6 Å². The fourth-order valence-corrected chi connectivity index (χ4v) is 5.59. The van der Waals surface area contributed by atoms with Gasteiger partial charge in [-0.2, -0.15) is 0 Å². The molecule has 1 N–H and O–H groups in total.